The van der Waals surface area contributed by atoms with E-state index in [0.29, 0.717) is 11.6 Å². The minimum absolute atomic E-state index is 0.225. The van der Waals surface area contributed by atoms with E-state index in [9.17, 15) is 9.90 Å². The first-order valence-electron chi connectivity index (χ1n) is 3.27. The minimum atomic E-state index is -1.17. The number of aromatic nitrogens is 2. The number of hydrogen-bond acceptors (Lipinski definition) is 5. The Kier molecular flexibility index (Phi) is 2.57. The molecule has 0 radical (unpaired) electrons. The van der Waals surface area contributed by atoms with Crippen LogP contribution in [0.3, 0.4) is 0 Å². The highest BCUT2D eigenvalue weighted by Crippen LogP contribution is 2.02. The predicted octanol–water partition coefficient (Wildman–Crippen LogP) is -1.22. The van der Waals surface area contributed by atoms with Crippen LogP contribution < -0.4 is 9.84 Å². The SMILES string of the molecule is COc1cnc(CC(=O)[O-])cn1. The molecule has 0 aliphatic rings. The van der Waals surface area contributed by atoms with Gasteiger partial charge in [-0.1, -0.05) is 0 Å². The Bertz CT molecular complexity index is 270. The summed E-state index contributed by atoms with van der Waals surface area (Å²) in [5, 5.41) is 10.1. The van der Waals surface area contributed by atoms with E-state index in [4.69, 9.17) is 4.74 Å². The van der Waals surface area contributed by atoms with Gasteiger partial charge in [-0.15, -0.1) is 0 Å². The van der Waals surface area contributed by atoms with E-state index < -0.39 is 5.97 Å². The van der Waals surface area contributed by atoms with Crippen molar-refractivity contribution in [3.63, 3.8) is 0 Å². The molecule has 0 atom stereocenters. The van der Waals surface area contributed by atoms with Crippen LogP contribution in [0.15, 0.2) is 12.4 Å². The van der Waals surface area contributed by atoms with Gasteiger partial charge in [-0.05, 0) is 0 Å². The van der Waals surface area contributed by atoms with Crippen LogP contribution in [0, 0.1) is 0 Å². The molecule has 64 valence electrons. The van der Waals surface area contributed by atoms with E-state index in [2.05, 4.69) is 9.97 Å². The zero-order valence-corrected chi connectivity index (χ0v) is 6.48. The normalized spacial score (nSPS) is 9.42. The van der Waals surface area contributed by atoms with Crippen molar-refractivity contribution in [3.05, 3.63) is 18.1 Å². The van der Waals surface area contributed by atoms with Gasteiger partial charge < -0.3 is 14.6 Å². The summed E-state index contributed by atoms with van der Waals surface area (Å²) in [6.07, 6.45) is 2.48. The van der Waals surface area contributed by atoms with E-state index in [1.807, 2.05) is 0 Å². The first kappa shape index (κ1) is 8.45. The fourth-order valence-electron chi connectivity index (χ4n) is 0.688. The van der Waals surface area contributed by atoms with Gasteiger partial charge in [0.15, 0.2) is 0 Å². The van der Waals surface area contributed by atoms with Crippen LogP contribution >= 0.6 is 0 Å². The Morgan fingerprint density at radius 2 is 2.33 bits per heavy atom. The molecule has 0 amide bonds. The predicted molar refractivity (Wildman–Crippen MR) is 37.3 cm³/mol. The molecular formula is C7H7N2O3-. The van der Waals surface area contributed by atoms with E-state index in [1.54, 1.807) is 0 Å². The molecule has 0 fully saturated rings. The second-order valence-electron chi connectivity index (χ2n) is 2.10. The number of carboxylic acid groups (broad SMARTS) is 1. The zero-order valence-electron chi connectivity index (χ0n) is 6.48. The lowest BCUT2D eigenvalue weighted by atomic mass is 10.3. The highest BCUT2D eigenvalue weighted by atomic mass is 16.5. The van der Waals surface area contributed by atoms with Crippen molar-refractivity contribution in [2.24, 2.45) is 0 Å². The van der Waals surface area contributed by atoms with Gasteiger partial charge in [-0.25, -0.2) is 4.98 Å². The molecule has 5 heteroatoms. The first-order chi connectivity index (χ1) is 5.72. The highest BCUT2D eigenvalue weighted by Gasteiger charge is 1.96. The molecule has 0 saturated heterocycles. The Hall–Kier alpha value is -1.65. The van der Waals surface area contributed by atoms with Crippen LogP contribution in [-0.4, -0.2) is 23.0 Å². The maximum atomic E-state index is 10.1. The molecule has 0 N–H and O–H groups in total. The lowest BCUT2D eigenvalue weighted by molar-refractivity contribution is -0.304. The lowest BCUT2D eigenvalue weighted by Crippen LogP contribution is -2.24. The van der Waals surface area contributed by atoms with E-state index in [0.717, 1.165) is 0 Å². The van der Waals surface area contributed by atoms with Crippen LogP contribution in [0.1, 0.15) is 5.69 Å². The van der Waals surface area contributed by atoms with Crippen molar-refractivity contribution in [3.8, 4) is 5.88 Å². The molecule has 5 nitrogen and oxygen atoms in total. The number of methoxy groups -OCH3 is 1. The number of carboxylic acids is 1. The van der Waals surface area contributed by atoms with Gasteiger partial charge >= 0.3 is 0 Å². The topological polar surface area (TPSA) is 75.1 Å². The molecule has 1 aromatic heterocycles. The molecule has 0 unspecified atom stereocenters. The monoisotopic (exact) mass is 167 g/mol. The molecule has 0 aliphatic heterocycles. The Morgan fingerprint density at radius 1 is 1.58 bits per heavy atom. The fraction of sp³-hybridized carbons (Fsp3) is 0.286. The second kappa shape index (κ2) is 3.66. The smallest absolute Gasteiger partial charge is 0.231 e. The number of ether oxygens (including phenoxy) is 1. The quantitative estimate of drug-likeness (QED) is 0.564. The Balaban J connectivity index is 2.71. The summed E-state index contributed by atoms with van der Waals surface area (Å²) >= 11 is 0. The molecule has 0 aromatic carbocycles. The maximum Gasteiger partial charge on any atom is 0.231 e. The Morgan fingerprint density at radius 3 is 2.75 bits per heavy atom. The molecule has 1 aromatic rings. The van der Waals surface area contributed by atoms with Crippen molar-refractivity contribution < 1.29 is 14.6 Å². The van der Waals surface area contributed by atoms with Crippen LogP contribution in [0.5, 0.6) is 5.88 Å². The number of carbonyl (C=O) groups excluding carboxylic acids is 1. The third-order valence-corrected chi connectivity index (χ3v) is 1.22. The van der Waals surface area contributed by atoms with Gasteiger partial charge in [0, 0.05) is 12.4 Å². The molecular weight excluding hydrogens is 160 g/mol. The first-order valence-corrected chi connectivity index (χ1v) is 3.27. The van der Waals surface area contributed by atoms with Crippen molar-refractivity contribution >= 4 is 5.97 Å². The molecule has 1 rings (SSSR count). The van der Waals surface area contributed by atoms with Gasteiger partial charge in [0.25, 0.3) is 0 Å². The standard InChI is InChI=1S/C7H8N2O3/c1-12-6-4-8-5(3-9-6)2-7(10)11/h3-4H,2H2,1H3,(H,10,11)/p-1. The number of carbonyl (C=O) groups is 1. The summed E-state index contributed by atoms with van der Waals surface area (Å²) in [5.74, 6) is -0.813. The van der Waals surface area contributed by atoms with Gasteiger partial charge in [-0.3, -0.25) is 4.98 Å². The highest BCUT2D eigenvalue weighted by molar-refractivity contribution is 5.66. The Labute approximate surface area is 69.0 Å². The third kappa shape index (κ3) is 2.19. The summed E-state index contributed by atoms with van der Waals surface area (Å²) in [7, 11) is 1.46. The van der Waals surface area contributed by atoms with Crippen LogP contribution in [0.4, 0.5) is 0 Å². The van der Waals surface area contributed by atoms with Crippen molar-refractivity contribution in [1.29, 1.82) is 0 Å². The molecule has 0 bridgehead atoms. The van der Waals surface area contributed by atoms with Gasteiger partial charge in [0.05, 0.1) is 25.2 Å². The second-order valence-corrected chi connectivity index (χ2v) is 2.10. The van der Waals surface area contributed by atoms with Crippen LogP contribution in [-0.2, 0) is 11.2 Å². The maximum absolute atomic E-state index is 10.1. The van der Waals surface area contributed by atoms with Crippen molar-refractivity contribution in [1.82, 2.24) is 9.97 Å². The van der Waals surface area contributed by atoms with Crippen molar-refractivity contribution in [2.75, 3.05) is 7.11 Å². The number of aliphatic carboxylic acids is 1. The molecule has 0 spiro atoms. The van der Waals surface area contributed by atoms with Crippen LogP contribution in [0.25, 0.3) is 0 Å². The lowest BCUT2D eigenvalue weighted by Gasteiger charge is -2.01. The van der Waals surface area contributed by atoms with E-state index in [-0.39, 0.29) is 6.42 Å². The van der Waals surface area contributed by atoms with Crippen molar-refractivity contribution in [2.45, 2.75) is 6.42 Å². The van der Waals surface area contributed by atoms with Gasteiger partial charge in [0.1, 0.15) is 0 Å². The fourth-order valence-corrected chi connectivity index (χ4v) is 0.688. The number of hydrogen-bond donors (Lipinski definition) is 0. The molecule has 0 aliphatic carbocycles. The molecule has 0 saturated carbocycles. The third-order valence-electron chi connectivity index (χ3n) is 1.22. The average Bonchev–Trinajstić information content (AvgIpc) is 2.05. The van der Waals surface area contributed by atoms with Gasteiger partial charge in [-0.2, -0.15) is 0 Å². The summed E-state index contributed by atoms with van der Waals surface area (Å²) in [6, 6.07) is 0. The minimum Gasteiger partial charge on any atom is -0.550 e. The van der Waals surface area contributed by atoms with Crippen LogP contribution in [0.2, 0.25) is 0 Å². The van der Waals surface area contributed by atoms with Gasteiger partial charge in [0.2, 0.25) is 5.88 Å². The average molecular weight is 167 g/mol. The summed E-state index contributed by atoms with van der Waals surface area (Å²) in [6.45, 7) is 0. The van der Waals surface area contributed by atoms with E-state index in [1.165, 1.54) is 19.5 Å². The summed E-state index contributed by atoms with van der Waals surface area (Å²) < 4.78 is 4.74. The zero-order chi connectivity index (χ0) is 8.97. The van der Waals surface area contributed by atoms with E-state index >= 15 is 0 Å². The molecule has 12 heavy (non-hydrogen) atoms. The summed E-state index contributed by atoms with van der Waals surface area (Å²) in [5.41, 5.74) is 0.357. The molecule has 1 heterocycles. The number of nitrogens with zero attached hydrogens (tertiary/aromatic N) is 2. The number of rotatable bonds is 3. The largest absolute Gasteiger partial charge is 0.550 e. The summed E-state index contributed by atoms with van der Waals surface area (Å²) in [4.78, 5) is 17.7.